The lowest BCUT2D eigenvalue weighted by Crippen LogP contribution is -2.48. The Kier molecular flexibility index (Phi) is 4.87. The van der Waals surface area contributed by atoms with E-state index in [9.17, 15) is 18.3 Å². The van der Waals surface area contributed by atoms with Crippen LogP contribution in [-0.2, 0) is 20.4 Å². The number of aliphatic hydroxyl groups is 1. The molecule has 3 unspecified atom stereocenters. The minimum Gasteiger partial charge on any atom is -0.378 e. The van der Waals surface area contributed by atoms with Gasteiger partial charge >= 0.3 is 0 Å². The number of ketones is 1. The van der Waals surface area contributed by atoms with E-state index in [1.165, 1.54) is 22.7 Å². The van der Waals surface area contributed by atoms with E-state index in [1.54, 1.807) is 6.07 Å². The molecule has 8 heteroatoms. The Morgan fingerprint density at radius 3 is 2.64 bits per heavy atom. The number of Topliss-reactive ketones (excluding diaryl/α,β-unsaturated/α-hetero) is 1. The van der Waals surface area contributed by atoms with Crippen molar-refractivity contribution in [3.63, 3.8) is 0 Å². The van der Waals surface area contributed by atoms with Crippen molar-refractivity contribution in [2.45, 2.75) is 38.7 Å². The van der Waals surface area contributed by atoms with Crippen LogP contribution in [-0.4, -0.2) is 31.6 Å². The number of rotatable bonds is 7. The molecule has 2 aromatic rings. The van der Waals surface area contributed by atoms with Gasteiger partial charge < -0.3 is 5.11 Å². The third-order valence-corrected chi connectivity index (χ3v) is 10.2. The van der Waals surface area contributed by atoms with Crippen LogP contribution in [0, 0.1) is 16.7 Å². The molecule has 2 N–H and O–H groups in total. The van der Waals surface area contributed by atoms with E-state index in [0.717, 1.165) is 6.42 Å². The minimum atomic E-state index is -3.75. The van der Waals surface area contributed by atoms with Crippen LogP contribution in [0.25, 0.3) is 0 Å². The van der Waals surface area contributed by atoms with Crippen LogP contribution in [0.1, 0.15) is 43.6 Å². The molecular formula is C20H25NO4S3. The van der Waals surface area contributed by atoms with Crippen LogP contribution < -0.4 is 4.72 Å². The van der Waals surface area contributed by atoms with Crippen LogP contribution in [0.4, 0.5) is 0 Å². The van der Waals surface area contributed by atoms with E-state index in [1.807, 2.05) is 42.1 Å². The van der Waals surface area contributed by atoms with Crippen molar-refractivity contribution < 1.29 is 18.3 Å². The lowest BCUT2D eigenvalue weighted by Gasteiger charge is -2.36. The van der Waals surface area contributed by atoms with Gasteiger partial charge in [-0.2, -0.15) is 11.3 Å². The summed E-state index contributed by atoms with van der Waals surface area (Å²) in [4.78, 5) is 13.4. The Labute approximate surface area is 173 Å². The summed E-state index contributed by atoms with van der Waals surface area (Å²) < 4.78 is 28.7. The maximum atomic E-state index is 13.0. The summed E-state index contributed by atoms with van der Waals surface area (Å²) in [5, 5.41) is 16.9. The summed E-state index contributed by atoms with van der Waals surface area (Å²) in [5.74, 6) is 0.140. The van der Waals surface area contributed by atoms with Crippen molar-refractivity contribution in [1.29, 1.82) is 0 Å². The summed E-state index contributed by atoms with van der Waals surface area (Å²) >= 11 is 2.84. The highest BCUT2D eigenvalue weighted by atomic mass is 32.2. The largest absolute Gasteiger partial charge is 0.378 e. The van der Waals surface area contributed by atoms with Gasteiger partial charge in [-0.1, -0.05) is 19.9 Å². The van der Waals surface area contributed by atoms with Crippen LogP contribution in [0.5, 0.6) is 0 Å². The highest BCUT2D eigenvalue weighted by Gasteiger charge is 2.65. The molecule has 3 atom stereocenters. The molecule has 2 fully saturated rings. The van der Waals surface area contributed by atoms with E-state index in [-0.39, 0.29) is 29.4 Å². The number of carbonyl (C=O) groups excluding carboxylic acids is 1. The van der Waals surface area contributed by atoms with E-state index < -0.39 is 21.0 Å². The Morgan fingerprint density at radius 2 is 2.11 bits per heavy atom. The molecule has 2 saturated carbocycles. The van der Waals surface area contributed by atoms with Gasteiger partial charge in [0.05, 0.1) is 5.75 Å². The summed E-state index contributed by atoms with van der Waals surface area (Å²) in [7, 11) is -3.75. The van der Waals surface area contributed by atoms with Crippen molar-refractivity contribution in [1.82, 2.24) is 4.72 Å². The Bertz CT molecular complexity index is 929. The zero-order valence-corrected chi connectivity index (χ0v) is 18.4. The smallest absolute Gasteiger partial charge is 0.212 e. The number of hydrogen-bond acceptors (Lipinski definition) is 6. The van der Waals surface area contributed by atoms with Gasteiger partial charge in [0.2, 0.25) is 10.0 Å². The summed E-state index contributed by atoms with van der Waals surface area (Å²) in [5.41, 5.74) is -1.88. The van der Waals surface area contributed by atoms with E-state index >= 15 is 0 Å². The molecule has 0 aromatic carbocycles. The quantitative estimate of drug-likeness (QED) is 0.693. The van der Waals surface area contributed by atoms with Crippen molar-refractivity contribution in [3.8, 4) is 0 Å². The first-order valence-corrected chi connectivity index (χ1v) is 12.9. The van der Waals surface area contributed by atoms with Gasteiger partial charge in [0.15, 0.2) is 0 Å². The van der Waals surface area contributed by atoms with Gasteiger partial charge in [-0.3, -0.25) is 4.79 Å². The second-order valence-corrected chi connectivity index (χ2v) is 12.1. The topological polar surface area (TPSA) is 83.5 Å². The van der Waals surface area contributed by atoms with Crippen molar-refractivity contribution in [2.24, 2.45) is 16.7 Å². The predicted molar refractivity (Wildman–Crippen MR) is 112 cm³/mol. The second-order valence-electron chi connectivity index (χ2n) is 8.60. The second kappa shape index (κ2) is 6.74. The van der Waals surface area contributed by atoms with Gasteiger partial charge in [-0.25, -0.2) is 13.1 Å². The normalized spacial score (nSPS) is 28.5. The van der Waals surface area contributed by atoms with Gasteiger partial charge in [-0.15, -0.1) is 11.3 Å². The summed E-state index contributed by atoms with van der Waals surface area (Å²) in [6.07, 6.45) is 2.02. The first-order valence-electron chi connectivity index (χ1n) is 9.40. The Balaban J connectivity index is 1.57. The van der Waals surface area contributed by atoms with Gasteiger partial charge in [0.25, 0.3) is 0 Å². The number of carbonyl (C=O) groups is 1. The highest BCUT2D eigenvalue weighted by Crippen LogP contribution is 2.64. The molecule has 2 aromatic heterocycles. The number of hydrogen-bond donors (Lipinski definition) is 2. The molecule has 2 aliphatic carbocycles. The molecule has 0 saturated heterocycles. The molecule has 2 aliphatic rings. The summed E-state index contributed by atoms with van der Waals surface area (Å²) in [6.45, 7) is 3.90. The van der Waals surface area contributed by atoms with Crippen LogP contribution in [0.3, 0.4) is 0 Å². The fourth-order valence-electron chi connectivity index (χ4n) is 5.04. The number of fused-ring (bicyclic) bond motifs is 2. The Morgan fingerprint density at radius 1 is 1.32 bits per heavy atom. The van der Waals surface area contributed by atoms with E-state index in [4.69, 9.17) is 0 Å². The molecule has 28 heavy (non-hydrogen) atoms. The number of thiophene rings is 2. The lowest BCUT2D eigenvalue weighted by atomic mass is 9.70. The van der Waals surface area contributed by atoms with Crippen LogP contribution in [0.2, 0.25) is 0 Å². The third-order valence-electron chi connectivity index (χ3n) is 7.05. The molecule has 2 bridgehead atoms. The summed E-state index contributed by atoms with van der Waals surface area (Å²) in [6, 6.07) is 5.45. The van der Waals surface area contributed by atoms with Gasteiger partial charge in [0.1, 0.15) is 11.4 Å². The highest BCUT2D eigenvalue weighted by molar-refractivity contribution is 7.89. The monoisotopic (exact) mass is 439 g/mol. The van der Waals surface area contributed by atoms with Crippen molar-refractivity contribution >= 4 is 38.5 Å². The lowest BCUT2D eigenvalue weighted by molar-refractivity contribution is -0.128. The molecular weight excluding hydrogens is 414 g/mol. The number of sulfonamides is 1. The van der Waals surface area contributed by atoms with E-state index in [2.05, 4.69) is 4.72 Å². The maximum absolute atomic E-state index is 13.0. The molecule has 2 heterocycles. The standard InChI is InChI=1S/C20H25NO4S3/c1-18(2)14-5-7-19(18,16(22)10-14)13-28(24,25)21-12-20(23,15-6-9-26-11-15)17-4-3-8-27-17/h3-4,6,8-9,11,14,21,23H,5,7,10,12-13H2,1-2H3. The third kappa shape index (κ3) is 3.01. The fourth-order valence-corrected chi connectivity index (χ4v) is 8.47. The molecule has 0 amide bonds. The first kappa shape index (κ1) is 20.2. The molecule has 152 valence electrons. The maximum Gasteiger partial charge on any atom is 0.212 e. The molecule has 5 nitrogen and oxygen atoms in total. The van der Waals surface area contributed by atoms with Gasteiger partial charge in [0, 0.05) is 28.8 Å². The first-order chi connectivity index (χ1) is 13.1. The fraction of sp³-hybridized carbons (Fsp3) is 0.550. The molecule has 0 spiro atoms. The Hall–Kier alpha value is -1.06. The molecule has 4 rings (SSSR count). The minimum absolute atomic E-state index is 0.0745. The predicted octanol–water partition coefficient (Wildman–Crippen LogP) is 3.36. The van der Waals surface area contributed by atoms with Crippen molar-refractivity contribution in [3.05, 3.63) is 44.8 Å². The average Bonchev–Trinajstić information content (AvgIpc) is 3.39. The van der Waals surface area contributed by atoms with Crippen LogP contribution >= 0.6 is 22.7 Å². The SMILES string of the molecule is CC1(C)C2CCC1(CS(=O)(=O)NCC(O)(c1ccsc1)c1cccs1)C(=O)C2. The zero-order valence-electron chi connectivity index (χ0n) is 16.0. The molecule has 0 radical (unpaired) electrons. The van der Waals surface area contributed by atoms with Crippen molar-refractivity contribution in [2.75, 3.05) is 12.3 Å². The number of nitrogens with one attached hydrogen (secondary N) is 1. The van der Waals surface area contributed by atoms with Gasteiger partial charge in [-0.05, 0) is 52.4 Å². The molecule has 0 aliphatic heterocycles. The zero-order chi connectivity index (χ0) is 20.2. The van der Waals surface area contributed by atoms with Crippen LogP contribution in [0.15, 0.2) is 34.3 Å². The average molecular weight is 440 g/mol. The van der Waals surface area contributed by atoms with E-state index in [0.29, 0.717) is 23.3 Å².